The molecule has 6 nitrogen and oxygen atoms in total. The molecule has 2 amide bonds. The average Bonchev–Trinajstić information content (AvgIpc) is 3.14. The summed E-state index contributed by atoms with van der Waals surface area (Å²) in [7, 11) is 1.33. The number of alkyl carbamates (subject to hydrolysis) is 1. The summed E-state index contributed by atoms with van der Waals surface area (Å²) >= 11 is 0. The number of likely N-dealkylation sites (tertiary alicyclic amines) is 1. The number of amides is 2. The van der Waals surface area contributed by atoms with Crippen LogP contribution in [0.15, 0.2) is 30.5 Å². The van der Waals surface area contributed by atoms with E-state index >= 15 is 0 Å². The van der Waals surface area contributed by atoms with Gasteiger partial charge in [0, 0.05) is 24.7 Å². The molecule has 1 aliphatic rings. The Balaban J connectivity index is 1.75. The SMILES string of the molecule is COC(=O)NC1CCN(C(=O)c2cccc3cc[nH]c23)C1. The number of benzene rings is 1. The summed E-state index contributed by atoms with van der Waals surface area (Å²) in [6.45, 7) is 1.13. The lowest BCUT2D eigenvalue weighted by Gasteiger charge is -2.17. The Kier molecular flexibility index (Phi) is 3.51. The van der Waals surface area contributed by atoms with Crippen molar-refractivity contribution in [3.63, 3.8) is 0 Å². The minimum atomic E-state index is -0.458. The van der Waals surface area contributed by atoms with Crippen LogP contribution in [0.25, 0.3) is 10.9 Å². The average molecular weight is 287 g/mol. The van der Waals surface area contributed by atoms with Gasteiger partial charge in [0.2, 0.25) is 0 Å². The molecule has 0 radical (unpaired) electrons. The van der Waals surface area contributed by atoms with E-state index < -0.39 is 6.09 Å². The number of H-pyrrole nitrogens is 1. The number of carbonyl (C=O) groups excluding carboxylic acids is 2. The molecular weight excluding hydrogens is 270 g/mol. The first-order chi connectivity index (χ1) is 10.2. The second-order valence-corrected chi connectivity index (χ2v) is 5.12. The highest BCUT2D eigenvalue weighted by Gasteiger charge is 2.29. The first kappa shape index (κ1) is 13.5. The van der Waals surface area contributed by atoms with Crippen LogP contribution in [0.4, 0.5) is 4.79 Å². The van der Waals surface area contributed by atoms with Crippen molar-refractivity contribution in [1.82, 2.24) is 15.2 Å². The molecule has 1 aromatic carbocycles. The molecule has 1 saturated heterocycles. The van der Waals surface area contributed by atoms with E-state index in [0.29, 0.717) is 18.7 Å². The Labute approximate surface area is 122 Å². The highest BCUT2D eigenvalue weighted by Crippen LogP contribution is 2.20. The molecule has 2 aromatic rings. The third-order valence-electron chi connectivity index (χ3n) is 3.80. The standard InChI is InChI=1S/C15H17N3O3/c1-21-15(20)17-11-6-8-18(9-11)14(19)12-4-2-3-10-5-7-16-13(10)12/h2-5,7,11,16H,6,8-9H2,1H3,(H,17,20). The smallest absolute Gasteiger partial charge is 0.407 e. The van der Waals surface area contributed by atoms with Gasteiger partial charge < -0.3 is 19.9 Å². The van der Waals surface area contributed by atoms with Gasteiger partial charge in [0.25, 0.3) is 5.91 Å². The van der Waals surface area contributed by atoms with Crippen LogP contribution >= 0.6 is 0 Å². The molecule has 110 valence electrons. The van der Waals surface area contributed by atoms with E-state index in [9.17, 15) is 9.59 Å². The summed E-state index contributed by atoms with van der Waals surface area (Å²) in [6.07, 6.45) is 2.11. The van der Waals surface area contributed by atoms with Crippen LogP contribution < -0.4 is 5.32 Å². The van der Waals surface area contributed by atoms with Crippen molar-refractivity contribution in [1.29, 1.82) is 0 Å². The van der Waals surface area contributed by atoms with Crippen molar-refractivity contribution in [2.75, 3.05) is 20.2 Å². The van der Waals surface area contributed by atoms with Crippen LogP contribution in [0.1, 0.15) is 16.8 Å². The molecule has 2 N–H and O–H groups in total. The zero-order valence-corrected chi connectivity index (χ0v) is 11.8. The van der Waals surface area contributed by atoms with E-state index in [1.807, 2.05) is 30.5 Å². The largest absolute Gasteiger partial charge is 0.453 e. The number of nitrogens with zero attached hydrogens (tertiary/aromatic N) is 1. The minimum Gasteiger partial charge on any atom is -0.453 e. The van der Waals surface area contributed by atoms with E-state index in [0.717, 1.165) is 17.3 Å². The van der Waals surface area contributed by atoms with Gasteiger partial charge in [-0.05, 0) is 18.6 Å². The van der Waals surface area contributed by atoms with E-state index in [1.54, 1.807) is 4.90 Å². The van der Waals surface area contributed by atoms with Gasteiger partial charge in [-0.1, -0.05) is 12.1 Å². The molecule has 1 aliphatic heterocycles. The van der Waals surface area contributed by atoms with Gasteiger partial charge in [-0.25, -0.2) is 4.79 Å². The number of aromatic amines is 1. The van der Waals surface area contributed by atoms with Crippen LogP contribution in [0.5, 0.6) is 0 Å². The first-order valence-corrected chi connectivity index (χ1v) is 6.89. The number of aromatic nitrogens is 1. The molecule has 0 aliphatic carbocycles. The molecule has 1 atom stereocenters. The molecule has 0 spiro atoms. The first-order valence-electron chi connectivity index (χ1n) is 6.89. The summed E-state index contributed by atoms with van der Waals surface area (Å²) in [5, 5.41) is 3.75. The normalized spacial score (nSPS) is 18.0. The predicted octanol–water partition coefficient (Wildman–Crippen LogP) is 1.74. The van der Waals surface area contributed by atoms with Gasteiger partial charge in [-0.3, -0.25) is 4.79 Å². The number of hydrogen-bond acceptors (Lipinski definition) is 3. The van der Waals surface area contributed by atoms with Gasteiger partial charge in [-0.2, -0.15) is 0 Å². The molecule has 6 heteroatoms. The van der Waals surface area contributed by atoms with Crippen molar-refractivity contribution in [2.24, 2.45) is 0 Å². The Morgan fingerprint density at radius 3 is 3.05 bits per heavy atom. The zero-order chi connectivity index (χ0) is 14.8. The van der Waals surface area contributed by atoms with Crippen LogP contribution in [-0.4, -0.2) is 48.1 Å². The van der Waals surface area contributed by atoms with Crippen LogP contribution in [0.2, 0.25) is 0 Å². The Morgan fingerprint density at radius 2 is 2.24 bits per heavy atom. The van der Waals surface area contributed by atoms with E-state index in [4.69, 9.17) is 0 Å². The Bertz CT molecular complexity index is 680. The summed E-state index contributed by atoms with van der Waals surface area (Å²) < 4.78 is 4.58. The van der Waals surface area contributed by atoms with Crippen LogP contribution in [0, 0.1) is 0 Å². The van der Waals surface area contributed by atoms with Crippen LogP contribution in [0.3, 0.4) is 0 Å². The van der Waals surface area contributed by atoms with Crippen molar-refractivity contribution < 1.29 is 14.3 Å². The molecule has 3 rings (SSSR count). The monoisotopic (exact) mass is 287 g/mol. The third-order valence-corrected chi connectivity index (χ3v) is 3.80. The number of methoxy groups -OCH3 is 1. The molecule has 0 bridgehead atoms. The number of para-hydroxylation sites is 1. The molecule has 0 saturated carbocycles. The number of hydrogen-bond donors (Lipinski definition) is 2. The number of carbonyl (C=O) groups is 2. The highest BCUT2D eigenvalue weighted by atomic mass is 16.5. The topological polar surface area (TPSA) is 74.4 Å². The predicted molar refractivity (Wildman–Crippen MR) is 78.1 cm³/mol. The number of ether oxygens (including phenoxy) is 1. The van der Waals surface area contributed by atoms with Gasteiger partial charge in [-0.15, -0.1) is 0 Å². The fourth-order valence-corrected chi connectivity index (χ4v) is 2.72. The minimum absolute atomic E-state index is 0.0165. The molecular formula is C15H17N3O3. The fourth-order valence-electron chi connectivity index (χ4n) is 2.72. The van der Waals surface area contributed by atoms with Crippen molar-refractivity contribution in [2.45, 2.75) is 12.5 Å². The summed E-state index contributed by atoms with van der Waals surface area (Å²) in [5.41, 5.74) is 1.52. The lowest BCUT2D eigenvalue weighted by molar-refractivity contribution is 0.0790. The summed E-state index contributed by atoms with van der Waals surface area (Å²) in [5.74, 6) is -0.0165. The van der Waals surface area contributed by atoms with Gasteiger partial charge >= 0.3 is 6.09 Å². The third kappa shape index (κ3) is 2.56. The quantitative estimate of drug-likeness (QED) is 0.883. The molecule has 2 heterocycles. The second kappa shape index (κ2) is 5.47. The molecule has 21 heavy (non-hydrogen) atoms. The lowest BCUT2D eigenvalue weighted by Crippen LogP contribution is -2.38. The number of rotatable bonds is 2. The number of nitrogens with one attached hydrogen (secondary N) is 2. The molecule has 1 fully saturated rings. The number of fused-ring (bicyclic) bond motifs is 1. The zero-order valence-electron chi connectivity index (χ0n) is 11.8. The Morgan fingerprint density at radius 1 is 1.38 bits per heavy atom. The van der Waals surface area contributed by atoms with Gasteiger partial charge in [0.05, 0.1) is 24.2 Å². The maximum Gasteiger partial charge on any atom is 0.407 e. The van der Waals surface area contributed by atoms with E-state index in [2.05, 4.69) is 15.0 Å². The fraction of sp³-hybridized carbons (Fsp3) is 0.333. The highest BCUT2D eigenvalue weighted by molar-refractivity contribution is 6.05. The molecule has 1 unspecified atom stereocenters. The van der Waals surface area contributed by atoms with Crippen molar-refractivity contribution >= 4 is 22.9 Å². The van der Waals surface area contributed by atoms with Crippen LogP contribution in [-0.2, 0) is 4.74 Å². The lowest BCUT2D eigenvalue weighted by atomic mass is 10.1. The molecule has 1 aromatic heterocycles. The second-order valence-electron chi connectivity index (χ2n) is 5.12. The van der Waals surface area contributed by atoms with Gasteiger partial charge in [0.15, 0.2) is 0 Å². The summed E-state index contributed by atoms with van der Waals surface area (Å²) in [6, 6.07) is 7.56. The van der Waals surface area contributed by atoms with Gasteiger partial charge in [0.1, 0.15) is 0 Å². The Hall–Kier alpha value is -2.50. The van der Waals surface area contributed by atoms with E-state index in [1.165, 1.54) is 7.11 Å². The van der Waals surface area contributed by atoms with Crippen molar-refractivity contribution in [3.8, 4) is 0 Å². The maximum absolute atomic E-state index is 12.6. The maximum atomic E-state index is 12.6. The van der Waals surface area contributed by atoms with Crippen molar-refractivity contribution in [3.05, 3.63) is 36.0 Å². The van der Waals surface area contributed by atoms with E-state index in [-0.39, 0.29) is 11.9 Å². The summed E-state index contributed by atoms with van der Waals surface area (Å²) in [4.78, 5) is 28.7.